The number of hydrogen-bond donors (Lipinski definition) is 2. The summed E-state index contributed by atoms with van der Waals surface area (Å²) in [7, 11) is 0. The summed E-state index contributed by atoms with van der Waals surface area (Å²) in [6, 6.07) is 0. The zero-order valence-corrected chi connectivity index (χ0v) is 9.69. The third-order valence-corrected chi connectivity index (χ3v) is 2.38. The Labute approximate surface area is 115 Å². The van der Waals surface area contributed by atoms with Crippen molar-refractivity contribution >= 4 is 0 Å². The molecule has 0 saturated heterocycles. The van der Waals surface area contributed by atoms with Gasteiger partial charge in [-0.25, -0.2) is 0 Å². The van der Waals surface area contributed by atoms with E-state index in [1.807, 2.05) is 0 Å². The van der Waals surface area contributed by atoms with Crippen LogP contribution in [0, 0.1) is 0 Å². The maximum Gasteiger partial charge on any atom is 0.460 e. The molecule has 0 spiro atoms. The van der Waals surface area contributed by atoms with Crippen molar-refractivity contribution in [2.24, 2.45) is 0 Å². The third-order valence-electron chi connectivity index (χ3n) is 2.38. The Balaban J connectivity index is 6.37. The minimum absolute atomic E-state index is 7.43. The molecule has 23 heavy (non-hydrogen) atoms. The fourth-order valence-corrected chi connectivity index (χ4v) is 0.991. The molecule has 0 aliphatic heterocycles. The molecule has 0 saturated carbocycles. The fourth-order valence-electron chi connectivity index (χ4n) is 0.991. The number of hydrogen-bond acceptors (Lipinski definition) is 2. The number of aliphatic hydroxyl groups is 2. The van der Waals surface area contributed by atoms with Gasteiger partial charge in [-0.1, -0.05) is 0 Å². The SMILES string of the molecule is OC(O)(C(F)(F)C(F)(F)C(F)(F)F)C(F)(F)C(F)(F)C(F)(F)F. The minimum atomic E-state index is -7.89. The highest BCUT2D eigenvalue weighted by Crippen LogP contribution is 2.59. The lowest BCUT2D eigenvalue weighted by molar-refractivity contribution is -0.493. The van der Waals surface area contributed by atoms with Gasteiger partial charge in [-0.05, 0) is 0 Å². The van der Waals surface area contributed by atoms with Crippen LogP contribution in [0.2, 0.25) is 0 Å². The average Bonchev–Trinajstić information content (AvgIpc) is 2.24. The number of halogens is 14. The van der Waals surface area contributed by atoms with E-state index in [0.29, 0.717) is 0 Å². The lowest BCUT2D eigenvalue weighted by atomic mass is 9.91. The van der Waals surface area contributed by atoms with Gasteiger partial charge in [0, 0.05) is 0 Å². The highest BCUT2D eigenvalue weighted by Gasteiger charge is 2.91. The Morgan fingerprint density at radius 3 is 0.652 bits per heavy atom. The summed E-state index contributed by atoms with van der Waals surface area (Å²) in [4.78, 5) is 0. The summed E-state index contributed by atoms with van der Waals surface area (Å²) in [6.45, 7) is 0. The van der Waals surface area contributed by atoms with Crippen LogP contribution in [0.3, 0.4) is 0 Å². The van der Waals surface area contributed by atoms with Gasteiger partial charge in [0.1, 0.15) is 0 Å². The van der Waals surface area contributed by atoms with Crippen LogP contribution in [0.4, 0.5) is 61.5 Å². The molecule has 0 aromatic rings. The predicted octanol–water partition coefficient (Wildman–Crippen LogP) is 3.33. The topological polar surface area (TPSA) is 40.5 Å². The van der Waals surface area contributed by atoms with Crippen molar-refractivity contribution in [2.75, 3.05) is 0 Å². The number of alkyl halides is 14. The molecule has 0 aliphatic carbocycles. The van der Waals surface area contributed by atoms with Gasteiger partial charge < -0.3 is 10.2 Å². The summed E-state index contributed by atoms with van der Waals surface area (Å²) in [5, 5.41) is 16.1. The van der Waals surface area contributed by atoms with Crippen LogP contribution >= 0.6 is 0 Å². The van der Waals surface area contributed by atoms with Gasteiger partial charge in [-0.15, -0.1) is 0 Å². The summed E-state index contributed by atoms with van der Waals surface area (Å²) in [6.07, 6.45) is -15.0. The Bertz CT molecular complexity index is 403. The second-order valence-electron chi connectivity index (χ2n) is 3.97. The molecule has 0 bridgehead atoms. The largest absolute Gasteiger partial charge is 0.460 e. The van der Waals surface area contributed by atoms with Crippen molar-refractivity contribution in [3.05, 3.63) is 0 Å². The zero-order valence-electron chi connectivity index (χ0n) is 9.69. The Morgan fingerprint density at radius 2 is 0.522 bits per heavy atom. The maximum absolute atomic E-state index is 12.7. The molecule has 140 valence electrons. The minimum Gasteiger partial charge on any atom is -0.356 e. The van der Waals surface area contributed by atoms with Gasteiger partial charge >= 0.3 is 41.8 Å². The molecular formula is C7H2F14O2. The van der Waals surface area contributed by atoms with Gasteiger partial charge in [-0.3, -0.25) is 0 Å². The zero-order chi connectivity index (χ0) is 19.5. The highest BCUT2D eigenvalue weighted by atomic mass is 19.4. The van der Waals surface area contributed by atoms with E-state index in [2.05, 4.69) is 0 Å². The van der Waals surface area contributed by atoms with Gasteiger partial charge in [0.25, 0.3) is 0 Å². The summed E-state index contributed by atoms with van der Waals surface area (Å²) in [5.41, 5.74) is 0. The molecule has 2 N–H and O–H groups in total. The van der Waals surface area contributed by atoms with Gasteiger partial charge in [0.2, 0.25) is 0 Å². The lowest BCUT2D eigenvalue weighted by Gasteiger charge is -2.42. The molecule has 0 heterocycles. The van der Waals surface area contributed by atoms with Crippen molar-refractivity contribution in [1.82, 2.24) is 0 Å². The second-order valence-corrected chi connectivity index (χ2v) is 3.97. The van der Waals surface area contributed by atoms with E-state index in [9.17, 15) is 61.5 Å². The molecule has 0 rings (SSSR count). The molecule has 0 radical (unpaired) electrons. The van der Waals surface area contributed by atoms with Crippen LogP contribution in [0.25, 0.3) is 0 Å². The van der Waals surface area contributed by atoms with E-state index in [1.165, 1.54) is 0 Å². The first-order chi connectivity index (χ1) is 9.50. The molecule has 16 heteroatoms. The van der Waals surface area contributed by atoms with Crippen LogP contribution in [-0.2, 0) is 0 Å². The van der Waals surface area contributed by atoms with Gasteiger partial charge in [0.15, 0.2) is 0 Å². The molecule has 2 nitrogen and oxygen atoms in total. The van der Waals surface area contributed by atoms with Crippen molar-refractivity contribution in [2.45, 2.75) is 41.8 Å². The van der Waals surface area contributed by atoms with Crippen molar-refractivity contribution in [3.8, 4) is 0 Å². The molecule has 0 atom stereocenters. The first kappa shape index (κ1) is 21.9. The van der Waals surface area contributed by atoms with Crippen LogP contribution in [-0.4, -0.2) is 52.0 Å². The molecular weight excluding hydrogens is 382 g/mol. The van der Waals surface area contributed by atoms with E-state index in [1.54, 1.807) is 0 Å². The van der Waals surface area contributed by atoms with Crippen LogP contribution in [0.5, 0.6) is 0 Å². The Morgan fingerprint density at radius 1 is 0.348 bits per heavy atom. The highest BCUT2D eigenvalue weighted by molar-refractivity contribution is 5.10. The molecule has 0 aromatic carbocycles. The summed E-state index contributed by atoms with van der Waals surface area (Å²) in [5.74, 6) is -38.8. The van der Waals surface area contributed by atoms with Crippen molar-refractivity contribution in [3.63, 3.8) is 0 Å². The fraction of sp³-hybridized carbons (Fsp3) is 1.00. The Kier molecular flexibility index (Phi) is 4.74. The van der Waals surface area contributed by atoms with Gasteiger partial charge in [0.05, 0.1) is 0 Å². The van der Waals surface area contributed by atoms with E-state index in [4.69, 9.17) is 10.2 Å². The van der Waals surface area contributed by atoms with Crippen molar-refractivity contribution < 1.29 is 71.7 Å². The smallest absolute Gasteiger partial charge is 0.356 e. The quantitative estimate of drug-likeness (QED) is 0.577. The first-order valence-electron chi connectivity index (χ1n) is 4.59. The van der Waals surface area contributed by atoms with Gasteiger partial charge in [-0.2, -0.15) is 61.5 Å². The Hall–Kier alpha value is -1.06. The van der Waals surface area contributed by atoms with Crippen LogP contribution in [0.15, 0.2) is 0 Å². The van der Waals surface area contributed by atoms with E-state index < -0.39 is 41.8 Å². The van der Waals surface area contributed by atoms with E-state index in [0.717, 1.165) is 0 Å². The van der Waals surface area contributed by atoms with Crippen LogP contribution in [0.1, 0.15) is 0 Å². The normalized spacial score (nSPS) is 16.7. The average molecular weight is 384 g/mol. The molecule has 0 fully saturated rings. The van der Waals surface area contributed by atoms with E-state index >= 15 is 0 Å². The molecule has 0 aromatic heterocycles. The lowest BCUT2D eigenvalue weighted by Crippen LogP contribution is -2.75. The molecule has 0 aliphatic rings. The monoisotopic (exact) mass is 384 g/mol. The number of rotatable bonds is 4. The molecule has 0 amide bonds. The first-order valence-corrected chi connectivity index (χ1v) is 4.59. The standard InChI is InChI=1S/C7H2F14O2/c8-1(9,3(12,13)6(16,17)18)5(22,23)2(10,11)4(14,15)7(19,20)21/h22-23H. The van der Waals surface area contributed by atoms with Crippen molar-refractivity contribution in [1.29, 1.82) is 0 Å². The second kappa shape index (κ2) is 4.97. The summed E-state index contributed by atoms with van der Waals surface area (Å²) < 4.78 is 170. The summed E-state index contributed by atoms with van der Waals surface area (Å²) >= 11 is 0. The van der Waals surface area contributed by atoms with Crippen LogP contribution < -0.4 is 0 Å². The maximum atomic E-state index is 12.7. The van der Waals surface area contributed by atoms with E-state index in [-0.39, 0.29) is 0 Å². The molecule has 0 unspecified atom stereocenters. The third kappa shape index (κ3) is 2.68. The predicted molar refractivity (Wildman–Crippen MR) is 39.1 cm³/mol.